The molecule has 2 N–H and O–H groups in total. The van der Waals surface area contributed by atoms with Gasteiger partial charge in [-0.1, -0.05) is 27.7 Å². The highest BCUT2D eigenvalue weighted by atomic mass is 19.1. The molecule has 0 heterocycles. The van der Waals surface area contributed by atoms with Crippen LogP contribution in [0.2, 0.25) is 0 Å². The number of fused-ring (bicyclic) bond motifs is 1. The van der Waals surface area contributed by atoms with Crippen LogP contribution in [0, 0.1) is 11.6 Å². The van der Waals surface area contributed by atoms with Crippen LogP contribution in [0.25, 0.3) is 10.8 Å². The van der Waals surface area contributed by atoms with Crippen LogP contribution in [0.5, 0.6) is 5.75 Å². The van der Waals surface area contributed by atoms with E-state index in [4.69, 9.17) is 5.73 Å². The molecule has 2 aromatic rings. The van der Waals surface area contributed by atoms with Crippen LogP contribution in [-0.2, 0) is 0 Å². The molecule has 2 aromatic carbocycles. The zero-order chi connectivity index (χ0) is 16.2. The van der Waals surface area contributed by atoms with Crippen molar-refractivity contribution < 1.29 is 17.9 Å². The summed E-state index contributed by atoms with van der Waals surface area (Å²) in [5.74, 6) is -1.97. The number of anilines is 1. The fraction of sp³-hybridized carbons (Fsp3) is 0.375. The molecule has 0 spiro atoms. The molecule has 0 fully saturated rings. The lowest BCUT2D eigenvalue weighted by Crippen LogP contribution is -2.01. The van der Waals surface area contributed by atoms with Crippen molar-refractivity contribution in [1.82, 2.24) is 0 Å². The Morgan fingerprint density at radius 2 is 1.71 bits per heavy atom. The standard InChI is InChI=1S/C14H14F3NO.C2H6/c1-7(2)9-3-8(18)4-10-11(16)5-12(17)14(13(9)10)19-6-15;1-2/h3-5,7H,6,18H2,1-2H3;1-2H3. The van der Waals surface area contributed by atoms with Gasteiger partial charge in [0.15, 0.2) is 11.6 Å². The fourth-order valence-corrected chi connectivity index (χ4v) is 2.15. The molecular formula is C16H20F3NO. The second-order valence-corrected chi connectivity index (χ2v) is 4.61. The highest BCUT2D eigenvalue weighted by Gasteiger charge is 2.19. The van der Waals surface area contributed by atoms with Crippen LogP contribution in [0.3, 0.4) is 0 Å². The predicted octanol–water partition coefficient (Wildman–Crippen LogP) is 5.16. The van der Waals surface area contributed by atoms with E-state index in [2.05, 4.69) is 4.74 Å². The lowest BCUT2D eigenvalue weighted by atomic mass is 9.94. The first kappa shape index (κ1) is 17.1. The van der Waals surface area contributed by atoms with E-state index in [1.54, 1.807) is 6.07 Å². The maximum Gasteiger partial charge on any atom is 0.228 e. The van der Waals surface area contributed by atoms with Crippen LogP contribution >= 0.6 is 0 Å². The zero-order valence-electron chi connectivity index (χ0n) is 12.6. The Morgan fingerprint density at radius 3 is 2.24 bits per heavy atom. The number of nitrogens with two attached hydrogens (primary N) is 1. The topological polar surface area (TPSA) is 35.2 Å². The minimum atomic E-state index is -1.18. The molecule has 0 radical (unpaired) electrons. The molecule has 21 heavy (non-hydrogen) atoms. The van der Waals surface area contributed by atoms with Crippen molar-refractivity contribution in [2.45, 2.75) is 33.6 Å². The third kappa shape index (κ3) is 3.40. The van der Waals surface area contributed by atoms with E-state index in [0.717, 1.165) is 0 Å². The fourth-order valence-electron chi connectivity index (χ4n) is 2.15. The number of hydrogen-bond donors (Lipinski definition) is 1. The Bertz CT molecular complexity index is 627. The molecule has 116 valence electrons. The quantitative estimate of drug-likeness (QED) is 0.795. The summed E-state index contributed by atoms with van der Waals surface area (Å²) in [5, 5.41) is 0.368. The summed E-state index contributed by atoms with van der Waals surface area (Å²) in [6.45, 7) is 6.53. The summed E-state index contributed by atoms with van der Waals surface area (Å²) in [5.41, 5.74) is 6.71. The smallest absolute Gasteiger partial charge is 0.228 e. The molecule has 0 aliphatic heterocycles. The molecule has 0 aliphatic carbocycles. The Morgan fingerprint density at radius 1 is 1.10 bits per heavy atom. The second-order valence-electron chi connectivity index (χ2n) is 4.61. The van der Waals surface area contributed by atoms with Gasteiger partial charge >= 0.3 is 0 Å². The summed E-state index contributed by atoms with van der Waals surface area (Å²) < 4.78 is 44.7. The van der Waals surface area contributed by atoms with Gasteiger partial charge in [-0.05, 0) is 23.6 Å². The van der Waals surface area contributed by atoms with Gasteiger partial charge in [-0.3, -0.25) is 0 Å². The Balaban J connectivity index is 0.00000106. The van der Waals surface area contributed by atoms with Crippen LogP contribution in [-0.4, -0.2) is 6.86 Å². The molecule has 0 atom stereocenters. The first-order chi connectivity index (χ1) is 9.95. The summed E-state index contributed by atoms with van der Waals surface area (Å²) in [4.78, 5) is 0. The predicted molar refractivity (Wildman–Crippen MR) is 80.3 cm³/mol. The molecular weight excluding hydrogens is 279 g/mol. The SMILES string of the molecule is CC.CC(C)c1cc(N)cc2c(F)cc(F)c(OCF)c12. The van der Waals surface area contributed by atoms with Crippen molar-refractivity contribution in [3.05, 3.63) is 35.4 Å². The van der Waals surface area contributed by atoms with E-state index in [-0.39, 0.29) is 22.4 Å². The first-order valence-electron chi connectivity index (χ1n) is 6.85. The van der Waals surface area contributed by atoms with Crippen LogP contribution in [0.15, 0.2) is 18.2 Å². The number of rotatable bonds is 3. The van der Waals surface area contributed by atoms with E-state index in [0.29, 0.717) is 17.3 Å². The first-order valence-corrected chi connectivity index (χ1v) is 6.85. The lowest BCUT2D eigenvalue weighted by Gasteiger charge is -2.16. The third-order valence-corrected chi connectivity index (χ3v) is 2.97. The highest BCUT2D eigenvalue weighted by Crippen LogP contribution is 2.38. The van der Waals surface area contributed by atoms with Gasteiger partial charge in [0, 0.05) is 22.5 Å². The van der Waals surface area contributed by atoms with Crippen molar-refractivity contribution >= 4 is 16.5 Å². The van der Waals surface area contributed by atoms with E-state index < -0.39 is 18.5 Å². The summed E-state index contributed by atoms with van der Waals surface area (Å²) in [7, 11) is 0. The van der Waals surface area contributed by atoms with Gasteiger partial charge < -0.3 is 10.5 Å². The van der Waals surface area contributed by atoms with Gasteiger partial charge in [0.25, 0.3) is 0 Å². The van der Waals surface area contributed by atoms with E-state index in [1.165, 1.54) is 6.07 Å². The molecule has 0 saturated carbocycles. The van der Waals surface area contributed by atoms with E-state index in [1.807, 2.05) is 27.7 Å². The van der Waals surface area contributed by atoms with Gasteiger partial charge in [-0.2, -0.15) is 0 Å². The molecule has 5 heteroatoms. The van der Waals surface area contributed by atoms with E-state index in [9.17, 15) is 13.2 Å². The van der Waals surface area contributed by atoms with Gasteiger partial charge in [0.05, 0.1) is 0 Å². The number of ether oxygens (including phenoxy) is 1. The second kappa shape index (κ2) is 7.20. The number of benzene rings is 2. The van der Waals surface area contributed by atoms with Crippen LogP contribution in [0.4, 0.5) is 18.9 Å². The third-order valence-electron chi connectivity index (χ3n) is 2.97. The molecule has 0 bridgehead atoms. The molecule has 0 saturated heterocycles. The summed E-state index contributed by atoms with van der Waals surface area (Å²) in [6.07, 6.45) is 0. The number of halogens is 3. The Labute approximate surface area is 122 Å². The Hall–Kier alpha value is -1.91. The molecule has 0 aliphatic rings. The van der Waals surface area contributed by atoms with Gasteiger partial charge in [-0.25, -0.2) is 13.2 Å². The van der Waals surface area contributed by atoms with Crippen molar-refractivity contribution in [2.24, 2.45) is 0 Å². The van der Waals surface area contributed by atoms with Crippen molar-refractivity contribution in [1.29, 1.82) is 0 Å². The maximum atomic E-state index is 13.8. The average Bonchev–Trinajstić information content (AvgIpc) is 2.45. The minimum absolute atomic E-state index is 0.0332. The van der Waals surface area contributed by atoms with Crippen molar-refractivity contribution in [3.8, 4) is 5.75 Å². The van der Waals surface area contributed by atoms with Gasteiger partial charge in [0.1, 0.15) is 5.82 Å². The highest BCUT2D eigenvalue weighted by molar-refractivity contribution is 5.94. The molecule has 0 aromatic heterocycles. The van der Waals surface area contributed by atoms with E-state index >= 15 is 0 Å². The van der Waals surface area contributed by atoms with Crippen LogP contribution in [0.1, 0.15) is 39.2 Å². The molecule has 0 amide bonds. The Kier molecular flexibility index (Phi) is 5.88. The molecule has 0 unspecified atom stereocenters. The number of nitrogen functional groups attached to an aromatic ring is 1. The number of alkyl halides is 1. The lowest BCUT2D eigenvalue weighted by molar-refractivity contribution is 0.186. The van der Waals surface area contributed by atoms with Crippen molar-refractivity contribution in [3.63, 3.8) is 0 Å². The zero-order valence-corrected chi connectivity index (χ0v) is 12.6. The van der Waals surface area contributed by atoms with Gasteiger partial charge in [0.2, 0.25) is 6.86 Å². The average molecular weight is 299 g/mol. The monoisotopic (exact) mass is 299 g/mol. The van der Waals surface area contributed by atoms with Crippen molar-refractivity contribution in [2.75, 3.05) is 12.6 Å². The molecule has 2 rings (SSSR count). The minimum Gasteiger partial charge on any atom is -0.459 e. The molecule has 2 nitrogen and oxygen atoms in total. The normalized spacial score (nSPS) is 10.5. The summed E-state index contributed by atoms with van der Waals surface area (Å²) in [6, 6.07) is 3.69. The van der Waals surface area contributed by atoms with Gasteiger partial charge in [-0.15, -0.1) is 0 Å². The number of hydrogen-bond acceptors (Lipinski definition) is 2. The summed E-state index contributed by atoms with van der Waals surface area (Å²) >= 11 is 0. The maximum absolute atomic E-state index is 13.8. The largest absolute Gasteiger partial charge is 0.459 e. The van der Waals surface area contributed by atoms with Crippen LogP contribution < -0.4 is 10.5 Å².